The SMILES string of the molecule is CNC(=O)C(NC(=O)C(=O)c1c(C)c(C(=O)Nc2ccc(F)c(C)c2)c(C)n1C)C(C)O. The molecule has 0 bridgehead atoms. The number of likely N-dealkylation sites (N-methyl/N-ethyl adjacent to an activating group) is 1. The highest BCUT2D eigenvalue weighted by atomic mass is 19.1. The van der Waals surface area contributed by atoms with E-state index in [0.29, 0.717) is 16.9 Å². The second-order valence-electron chi connectivity index (χ2n) is 7.55. The van der Waals surface area contributed by atoms with Gasteiger partial charge in [-0.15, -0.1) is 0 Å². The van der Waals surface area contributed by atoms with E-state index < -0.39 is 41.5 Å². The van der Waals surface area contributed by atoms with Crippen LogP contribution in [0, 0.1) is 26.6 Å². The van der Waals surface area contributed by atoms with Crippen molar-refractivity contribution in [2.45, 2.75) is 39.8 Å². The van der Waals surface area contributed by atoms with Gasteiger partial charge in [-0.3, -0.25) is 19.2 Å². The summed E-state index contributed by atoms with van der Waals surface area (Å²) in [6.45, 7) is 6.03. The Balaban J connectivity index is 2.34. The number of aryl methyl sites for hydroxylation is 1. The minimum absolute atomic E-state index is 0.0262. The van der Waals surface area contributed by atoms with E-state index in [1.54, 1.807) is 13.8 Å². The van der Waals surface area contributed by atoms with Gasteiger partial charge in [0.2, 0.25) is 5.91 Å². The molecule has 2 atom stereocenters. The van der Waals surface area contributed by atoms with E-state index in [1.165, 1.54) is 50.7 Å². The number of carbonyl (C=O) groups is 4. The maximum atomic E-state index is 13.5. The van der Waals surface area contributed by atoms with E-state index in [1.807, 2.05) is 0 Å². The number of halogens is 1. The number of hydrogen-bond donors (Lipinski definition) is 4. The zero-order valence-electron chi connectivity index (χ0n) is 18.8. The number of aromatic nitrogens is 1. The number of Topliss-reactive ketones (excluding diaryl/α,β-unsaturated/α-hetero) is 1. The van der Waals surface area contributed by atoms with Crippen LogP contribution in [0.15, 0.2) is 18.2 Å². The molecule has 1 heterocycles. The van der Waals surface area contributed by atoms with Crippen molar-refractivity contribution in [2.75, 3.05) is 12.4 Å². The average Bonchev–Trinajstić information content (AvgIpc) is 2.95. The smallest absolute Gasteiger partial charge is 0.294 e. The van der Waals surface area contributed by atoms with Crippen LogP contribution in [0.2, 0.25) is 0 Å². The molecular weight excluding hydrogens is 419 g/mol. The molecule has 0 aliphatic rings. The molecule has 1 aromatic carbocycles. The lowest BCUT2D eigenvalue weighted by Crippen LogP contribution is -2.53. The number of ketones is 1. The first kappa shape index (κ1) is 24.7. The van der Waals surface area contributed by atoms with Gasteiger partial charge in [0.15, 0.2) is 0 Å². The highest BCUT2D eigenvalue weighted by molar-refractivity contribution is 6.43. The number of nitrogens with one attached hydrogen (secondary N) is 3. The van der Waals surface area contributed by atoms with Crippen LogP contribution in [-0.2, 0) is 16.6 Å². The molecule has 32 heavy (non-hydrogen) atoms. The Labute approximate surface area is 185 Å². The van der Waals surface area contributed by atoms with E-state index in [4.69, 9.17) is 0 Å². The van der Waals surface area contributed by atoms with Crippen molar-refractivity contribution in [3.05, 3.63) is 52.1 Å². The van der Waals surface area contributed by atoms with Gasteiger partial charge in [-0.2, -0.15) is 0 Å². The quantitative estimate of drug-likeness (QED) is 0.374. The van der Waals surface area contributed by atoms with Crippen molar-refractivity contribution in [3.63, 3.8) is 0 Å². The van der Waals surface area contributed by atoms with Crippen molar-refractivity contribution in [3.8, 4) is 0 Å². The van der Waals surface area contributed by atoms with E-state index in [9.17, 15) is 28.7 Å². The van der Waals surface area contributed by atoms with Crippen LogP contribution in [0.4, 0.5) is 10.1 Å². The number of aliphatic hydroxyl groups is 1. The zero-order chi connectivity index (χ0) is 24.3. The summed E-state index contributed by atoms with van der Waals surface area (Å²) in [4.78, 5) is 50.2. The second-order valence-corrected chi connectivity index (χ2v) is 7.55. The van der Waals surface area contributed by atoms with E-state index in [-0.39, 0.29) is 16.8 Å². The maximum Gasteiger partial charge on any atom is 0.294 e. The van der Waals surface area contributed by atoms with Crippen LogP contribution in [0.1, 0.15) is 44.6 Å². The highest BCUT2D eigenvalue weighted by Gasteiger charge is 2.32. The third kappa shape index (κ3) is 4.86. The molecule has 9 nitrogen and oxygen atoms in total. The summed E-state index contributed by atoms with van der Waals surface area (Å²) >= 11 is 0. The molecule has 2 unspecified atom stereocenters. The van der Waals surface area contributed by atoms with Gasteiger partial charge in [0, 0.05) is 25.5 Å². The number of amides is 3. The van der Waals surface area contributed by atoms with Crippen molar-refractivity contribution in [1.82, 2.24) is 15.2 Å². The standard InChI is InChI=1S/C22H27FN4O5/c1-10-9-14(7-8-15(10)23)25-20(30)16-11(2)18(27(6)12(16)3)19(29)22(32)26-17(13(4)28)21(31)24-5/h7-9,13,17,28H,1-6H3,(H,24,31)(H,25,30)(H,26,32). The molecule has 2 rings (SSSR count). The summed E-state index contributed by atoms with van der Waals surface area (Å²) in [5.41, 5.74) is 1.63. The van der Waals surface area contributed by atoms with Gasteiger partial charge in [0.25, 0.3) is 17.6 Å². The molecule has 172 valence electrons. The summed E-state index contributed by atoms with van der Waals surface area (Å²) < 4.78 is 14.9. The van der Waals surface area contributed by atoms with E-state index in [2.05, 4.69) is 16.0 Å². The Morgan fingerprint density at radius 1 is 1.12 bits per heavy atom. The minimum Gasteiger partial charge on any atom is -0.391 e. The number of aliphatic hydroxyl groups excluding tert-OH is 1. The van der Waals surface area contributed by atoms with E-state index in [0.717, 1.165) is 0 Å². The van der Waals surface area contributed by atoms with Gasteiger partial charge in [-0.25, -0.2) is 4.39 Å². The van der Waals surface area contributed by atoms with Crippen molar-refractivity contribution in [2.24, 2.45) is 7.05 Å². The Morgan fingerprint density at radius 2 is 1.75 bits per heavy atom. The zero-order valence-corrected chi connectivity index (χ0v) is 18.8. The number of benzene rings is 1. The summed E-state index contributed by atoms with van der Waals surface area (Å²) in [6, 6.07) is 2.82. The molecule has 2 aromatic rings. The molecule has 0 saturated carbocycles. The number of hydrogen-bond acceptors (Lipinski definition) is 5. The molecule has 0 saturated heterocycles. The van der Waals surface area contributed by atoms with Crippen LogP contribution in [0.3, 0.4) is 0 Å². The first-order valence-corrected chi connectivity index (χ1v) is 9.88. The van der Waals surface area contributed by atoms with E-state index >= 15 is 0 Å². The maximum absolute atomic E-state index is 13.5. The lowest BCUT2D eigenvalue weighted by Gasteiger charge is -2.19. The van der Waals surface area contributed by atoms with Crippen LogP contribution in [0.5, 0.6) is 0 Å². The minimum atomic E-state index is -1.32. The van der Waals surface area contributed by atoms with Gasteiger partial charge < -0.3 is 25.6 Å². The molecule has 0 aliphatic heterocycles. The fourth-order valence-electron chi connectivity index (χ4n) is 3.43. The lowest BCUT2D eigenvalue weighted by molar-refractivity contribution is -0.129. The molecule has 0 fully saturated rings. The highest BCUT2D eigenvalue weighted by Crippen LogP contribution is 2.24. The normalized spacial score (nSPS) is 12.6. The van der Waals surface area contributed by atoms with Crippen LogP contribution in [-0.4, -0.2) is 52.4 Å². The van der Waals surface area contributed by atoms with Gasteiger partial charge in [0.05, 0.1) is 17.4 Å². The van der Waals surface area contributed by atoms with Gasteiger partial charge in [0.1, 0.15) is 11.9 Å². The van der Waals surface area contributed by atoms with Crippen molar-refractivity contribution in [1.29, 1.82) is 0 Å². The Morgan fingerprint density at radius 3 is 2.28 bits per heavy atom. The van der Waals surface area contributed by atoms with Crippen LogP contribution in [0.25, 0.3) is 0 Å². The Hall–Kier alpha value is -3.53. The lowest BCUT2D eigenvalue weighted by atomic mass is 10.1. The fourth-order valence-corrected chi connectivity index (χ4v) is 3.43. The first-order valence-electron chi connectivity index (χ1n) is 9.88. The molecule has 3 amide bonds. The van der Waals surface area contributed by atoms with Crippen LogP contribution >= 0.6 is 0 Å². The molecule has 1 aromatic heterocycles. The molecule has 0 spiro atoms. The average molecular weight is 446 g/mol. The summed E-state index contributed by atoms with van der Waals surface area (Å²) in [5.74, 6) is -3.63. The second kappa shape index (κ2) is 9.73. The topological polar surface area (TPSA) is 130 Å². The summed E-state index contributed by atoms with van der Waals surface area (Å²) in [5, 5.41) is 17.0. The first-order chi connectivity index (χ1) is 14.9. The Bertz CT molecular complexity index is 1090. The third-order valence-corrected chi connectivity index (χ3v) is 5.29. The summed E-state index contributed by atoms with van der Waals surface area (Å²) in [6.07, 6.45) is -1.23. The molecular formula is C22H27FN4O5. The van der Waals surface area contributed by atoms with Crippen LogP contribution < -0.4 is 16.0 Å². The van der Waals surface area contributed by atoms with Gasteiger partial charge in [-0.05, 0) is 57.0 Å². The van der Waals surface area contributed by atoms with Gasteiger partial charge >= 0.3 is 0 Å². The molecule has 0 aliphatic carbocycles. The van der Waals surface area contributed by atoms with Gasteiger partial charge in [-0.1, -0.05) is 0 Å². The molecule has 4 N–H and O–H groups in total. The largest absolute Gasteiger partial charge is 0.391 e. The molecule has 0 radical (unpaired) electrons. The number of nitrogens with zero attached hydrogens (tertiary/aromatic N) is 1. The Kier molecular flexibility index (Phi) is 7.52. The fraction of sp³-hybridized carbons (Fsp3) is 0.364. The number of anilines is 1. The van der Waals surface area contributed by atoms with Crippen molar-refractivity contribution >= 4 is 29.2 Å². The number of rotatable bonds is 7. The predicted molar refractivity (Wildman–Crippen MR) is 116 cm³/mol. The molecule has 10 heteroatoms. The monoisotopic (exact) mass is 446 g/mol. The third-order valence-electron chi connectivity index (χ3n) is 5.29. The number of carbonyl (C=O) groups excluding carboxylic acids is 4. The predicted octanol–water partition coefficient (Wildman–Crippen LogP) is 1.14. The summed E-state index contributed by atoms with van der Waals surface area (Å²) in [7, 11) is 2.87. The van der Waals surface area contributed by atoms with Crippen molar-refractivity contribution < 1.29 is 28.7 Å².